The fraction of sp³-hybridized carbons (Fsp3) is 0.500. The summed E-state index contributed by atoms with van der Waals surface area (Å²) in [6, 6.07) is 3.97. The van der Waals surface area contributed by atoms with Crippen LogP contribution in [-0.2, 0) is 0 Å². The number of nitrogens with one attached hydrogen (secondary N) is 1. The predicted octanol–water partition coefficient (Wildman–Crippen LogP) is 0.852. The van der Waals surface area contributed by atoms with Gasteiger partial charge in [-0.1, -0.05) is 11.8 Å². The lowest BCUT2D eigenvalue weighted by molar-refractivity contribution is 0.0946. The molecule has 1 aromatic heterocycles. The Morgan fingerprint density at radius 1 is 1.48 bits per heavy atom. The number of pyridine rings is 1. The maximum atomic E-state index is 11.9. The van der Waals surface area contributed by atoms with Gasteiger partial charge in [0.15, 0.2) is 0 Å². The van der Waals surface area contributed by atoms with E-state index in [0.29, 0.717) is 24.8 Å². The molecular weight excluding hydrogens is 264 g/mol. The maximum absolute atomic E-state index is 11.9. The van der Waals surface area contributed by atoms with Crippen molar-refractivity contribution in [2.24, 2.45) is 5.73 Å². The molecule has 0 unspecified atom stereocenters. The quantitative estimate of drug-likeness (QED) is 0.601. The van der Waals surface area contributed by atoms with E-state index in [9.17, 15) is 4.79 Å². The summed E-state index contributed by atoms with van der Waals surface area (Å²) >= 11 is 0. The van der Waals surface area contributed by atoms with Crippen LogP contribution in [0, 0.1) is 11.8 Å². The minimum Gasteiger partial charge on any atom is -0.351 e. The summed E-state index contributed by atoms with van der Waals surface area (Å²) in [6.45, 7) is 6.22. The van der Waals surface area contributed by atoms with Gasteiger partial charge in [-0.2, -0.15) is 0 Å². The average molecular weight is 288 g/mol. The second-order valence-electron chi connectivity index (χ2n) is 5.12. The molecule has 1 rings (SSSR count). The van der Waals surface area contributed by atoms with E-state index in [4.69, 9.17) is 5.73 Å². The van der Waals surface area contributed by atoms with Crippen LogP contribution in [0.2, 0.25) is 0 Å². The van der Waals surface area contributed by atoms with E-state index >= 15 is 0 Å². The molecule has 0 atom stereocenters. The zero-order valence-electron chi connectivity index (χ0n) is 13.0. The molecule has 0 spiro atoms. The van der Waals surface area contributed by atoms with Gasteiger partial charge in [-0.15, -0.1) is 0 Å². The molecule has 0 saturated carbocycles. The van der Waals surface area contributed by atoms with E-state index in [1.54, 1.807) is 18.3 Å². The second kappa shape index (κ2) is 9.11. The van der Waals surface area contributed by atoms with Gasteiger partial charge in [0, 0.05) is 24.3 Å². The summed E-state index contributed by atoms with van der Waals surface area (Å²) in [5, 5.41) is 2.87. The van der Waals surface area contributed by atoms with E-state index in [0.717, 1.165) is 18.5 Å². The highest BCUT2D eigenvalue weighted by Crippen LogP contribution is 1.99. The molecule has 0 aliphatic heterocycles. The fourth-order valence-electron chi connectivity index (χ4n) is 1.63. The Morgan fingerprint density at radius 3 is 2.81 bits per heavy atom. The molecule has 1 aromatic rings. The van der Waals surface area contributed by atoms with E-state index in [-0.39, 0.29) is 5.91 Å². The van der Waals surface area contributed by atoms with Gasteiger partial charge in [-0.25, -0.2) is 4.98 Å². The Labute approximate surface area is 126 Å². The van der Waals surface area contributed by atoms with E-state index in [1.165, 1.54) is 0 Å². The van der Waals surface area contributed by atoms with Crippen LogP contribution in [0.5, 0.6) is 0 Å². The highest BCUT2D eigenvalue weighted by Gasteiger charge is 2.07. The van der Waals surface area contributed by atoms with Gasteiger partial charge < -0.3 is 16.0 Å². The van der Waals surface area contributed by atoms with Crippen LogP contribution in [0.3, 0.4) is 0 Å². The number of nitrogens with zero attached hydrogens (tertiary/aromatic N) is 2. The Kier molecular flexibility index (Phi) is 7.44. The monoisotopic (exact) mass is 288 g/mol. The fourth-order valence-corrected chi connectivity index (χ4v) is 1.63. The topological polar surface area (TPSA) is 71.2 Å². The van der Waals surface area contributed by atoms with Gasteiger partial charge in [0.1, 0.15) is 5.69 Å². The summed E-state index contributed by atoms with van der Waals surface area (Å²) in [5.74, 6) is 5.47. The van der Waals surface area contributed by atoms with Crippen LogP contribution in [0.4, 0.5) is 0 Å². The molecular formula is C16H24N4O. The van der Waals surface area contributed by atoms with Crippen molar-refractivity contribution in [3.8, 4) is 11.8 Å². The third-order valence-electron chi connectivity index (χ3n) is 3.19. The van der Waals surface area contributed by atoms with Crippen LogP contribution >= 0.6 is 0 Å². The largest absolute Gasteiger partial charge is 0.351 e. The van der Waals surface area contributed by atoms with E-state index in [2.05, 4.69) is 47.9 Å². The number of rotatable bonds is 6. The number of nitrogens with two attached hydrogens (primary N) is 1. The minimum atomic E-state index is -0.152. The third-order valence-corrected chi connectivity index (χ3v) is 3.19. The van der Waals surface area contributed by atoms with Gasteiger partial charge >= 0.3 is 0 Å². The summed E-state index contributed by atoms with van der Waals surface area (Å²) in [7, 11) is 2.08. The predicted molar refractivity (Wildman–Crippen MR) is 84.9 cm³/mol. The van der Waals surface area contributed by atoms with Gasteiger partial charge in [0.25, 0.3) is 5.91 Å². The molecule has 0 saturated heterocycles. The molecule has 0 radical (unpaired) electrons. The maximum Gasteiger partial charge on any atom is 0.269 e. The van der Waals surface area contributed by atoms with Crippen molar-refractivity contribution in [1.29, 1.82) is 0 Å². The molecule has 1 heterocycles. The van der Waals surface area contributed by atoms with Crippen molar-refractivity contribution in [2.45, 2.75) is 26.3 Å². The Bertz CT molecular complexity index is 499. The van der Waals surface area contributed by atoms with Crippen LogP contribution in [0.1, 0.15) is 36.3 Å². The number of amides is 1. The van der Waals surface area contributed by atoms with Crippen LogP contribution in [0.25, 0.3) is 0 Å². The van der Waals surface area contributed by atoms with Crippen LogP contribution in [0.15, 0.2) is 18.3 Å². The Balaban J connectivity index is 2.38. The average Bonchev–Trinajstić information content (AvgIpc) is 2.49. The highest BCUT2D eigenvalue weighted by molar-refractivity contribution is 5.92. The molecule has 0 aliphatic carbocycles. The SMILES string of the molecule is CC(C)N(C)CCCNC(=O)c1ccc(C#CCN)cn1. The Hall–Kier alpha value is -1.90. The van der Waals surface area contributed by atoms with Crippen molar-refractivity contribution in [2.75, 3.05) is 26.7 Å². The first-order valence-corrected chi connectivity index (χ1v) is 7.18. The van der Waals surface area contributed by atoms with Crippen molar-refractivity contribution in [3.63, 3.8) is 0 Å². The van der Waals surface area contributed by atoms with Crippen LogP contribution in [-0.4, -0.2) is 48.5 Å². The first kappa shape index (κ1) is 17.2. The van der Waals surface area contributed by atoms with Gasteiger partial charge in [-0.05, 0) is 46.0 Å². The number of hydrogen-bond acceptors (Lipinski definition) is 4. The summed E-state index contributed by atoms with van der Waals surface area (Å²) in [6.07, 6.45) is 2.50. The first-order chi connectivity index (χ1) is 10.0. The number of hydrogen-bond donors (Lipinski definition) is 2. The van der Waals surface area contributed by atoms with Crippen molar-refractivity contribution >= 4 is 5.91 Å². The molecule has 0 fully saturated rings. The summed E-state index contributed by atoms with van der Waals surface area (Å²) < 4.78 is 0. The Morgan fingerprint density at radius 2 is 2.24 bits per heavy atom. The van der Waals surface area contributed by atoms with E-state index < -0.39 is 0 Å². The number of carbonyl (C=O) groups excluding carboxylic acids is 1. The molecule has 5 heteroatoms. The van der Waals surface area contributed by atoms with Crippen molar-refractivity contribution < 1.29 is 4.79 Å². The van der Waals surface area contributed by atoms with Gasteiger partial charge in [0.2, 0.25) is 0 Å². The molecule has 0 aromatic carbocycles. The lowest BCUT2D eigenvalue weighted by Gasteiger charge is -2.20. The highest BCUT2D eigenvalue weighted by atomic mass is 16.1. The molecule has 5 nitrogen and oxygen atoms in total. The summed E-state index contributed by atoms with van der Waals surface area (Å²) in [4.78, 5) is 18.3. The van der Waals surface area contributed by atoms with Crippen molar-refractivity contribution in [3.05, 3.63) is 29.6 Å². The lowest BCUT2D eigenvalue weighted by atomic mass is 10.2. The minimum absolute atomic E-state index is 0.152. The zero-order valence-corrected chi connectivity index (χ0v) is 13.0. The first-order valence-electron chi connectivity index (χ1n) is 7.18. The van der Waals surface area contributed by atoms with Gasteiger partial charge in [0.05, 0.1) is 6.54 Å². The zero-order chi connectivity index (χ0) is 15.7. The van der Waals surface area contributed by atoms with E-state index in [1.807, 2.05) is 0 Å². The number of aromatic nitrogens is 1. The molecule has 21 heavy (non-hydrogen) atoms. The molecule has 3 N–H and O–H groups in total. The van der Waals surface area contributed by atoms with Crippen LogP contribution < -0.4 is 11.1 Å². The lowest BCUT2D eigenvalue weighted by Crippen LogP contribution is -2.31. The normalized spacial score (nSPS) is 10.4. The van der Waals surface area contributed by atoms with Crippen molar-refractivity contribution in [1.82, 2.24) is 15.2 Å². The van der Waals surface area contributed by atoms with Gasteiger partial charge in [-0.3, -0.25) is 4.79 Å². The standard InChI is InChI=1S/C16H24N4O/c1-13(2)20(3)11-5-10-18-16(21)15-8-7-14(12-19-15)6-4-9-17/h7-8,12-13H,5,9-11,17H2,1-3H3,(H,18,21). The molecule has 0 bridgehead atoms. The second-order valence-corrected chi connectivity index (χ2v) is 5.12. The number of carbonyl (C=O) groups is 1. The molecule has 1 amide bonds. The smallest absolute Gasteiger partial charge is 0.269 e. The third kappa shape index (κ3) is 6.39. The molecule has 0 aliphatic rings. The summed E-state index contributed by atoms with van der Waals surface area (Å²) in [5.41, 5.74) is 6.47. The molecule has 114 valence electrons.